The van der Waals surface area contributed by atoms with E-state index in [9.17, 15) is 4.79 Å². The molecular formula is C33H30ClN3O4. The molecule has 1 aliphatic rings. The predicted molar refractivity (Wildman–Crippen MR) is 162 cm³/mol. The third-order valence-corrected chi connectivity index (χ3v) is 7.75. The third-order valence-electron chi connectivity index (χ3n) is 7.46. The molecule has 0 fully saturated rings. The van der Waals surface area contributed by atoms with Gasteiger partial charge in [-0.3, -0.25) is 4.79 Å². The van der Waals surface area contributed by atoms with Crippen molar-refractivity contribution in [1.82, 2.24) is 10.3 Å². The lowest BCUT2D eigenvalue weighted by Gasteiger charge is -2.31. The molecule has 6 rings (SSSR count). The van der Waals surface area contributed by atoms with Crippen molar-refractivity contribution in [3.05, 3.63) is 118 Å². The fourth-order valence-corrected chi connectivity index (χ4v) is 5.81. The van der Waals surface area contributed by atoms with Gasteiger partial charge in [0.2, 0.25) is 0 Å². The smallest absolute Gasteiger partial charge is 0.262 e. The Morgan fingerprint density at radius 3 is 2.41 bits per heavy atom. The quantitative estimate of drug-likeness (QED) is 0.195. The Morgan fingerprint density at radius 2 is 1.63 bits per heavy atom. The molecule has 1 aromatic heterocycles. The number of aromatic nitrogens is 1. The Balaban J connectivity index is 1.23. The van der Waals surface area contributed by atoms with Crippen molar-refractivity contribution in [3.63, 3.8) is 0 Å². The first-order valence-electron chi connectivity index (χ1n) is 13.4. The molecule has 8 heteroatoms. The first-order chi connectivity index (χ1) is 20.1. The summed E-state index contributed by atoms with van der Waals surface area (Å²) < 4.78 is 16.7. The van der Waals surface area contributed by atoms with Gasteiger partial charge in [0, 0.05) is 34.7 Å². The number of nitrogens with one attached hydrogen (secondary N) is 3. The molecule has 0 bridgehead atoms. The second-order valence-corrected chi connectivity index (χ2v) is 10.3. The predicted octanol–water partition coefficient (Wildman–Crippen LogP) is 6.68. The van der Waals surface area contributed by atoms with Crippen LogP contribution in [0.4, 0.5) is 5.69 Å². The van der Waals surface area contributed by atoms with Gasteiger partial charge in [-0.25, -0.2) is 0 Å². The van der Waals surface area contributed by atoms with E-state index in [0.29, 0.717) is 28.0 Å². The number of carbonyl (C=O) groups excluding carboxylic acids is 1. The monoisotopic (exact) mass is 567 g/mol. The summed E-state index contributed by atoms with van der Waals surface area (Å²) in [6.07, 6.45) is 0. The van der Waals surface area contributed by atoms with Crippen molar-refractivity contribution in [2.45, 2.75) is 12.0 Å². The summed E-state index contributed by atoms with van der Waals surface area (Å²) >= 11 is 6.17. The lowest BCUT2D eigenvalue weighted by atomic mass is 9.83. The van der Waals surface area contributed by atoms with Crippen LogP contribution in [0.1, 0.15) is 34.3 Å². The average molecular weight is 568 g/mol. The molecule has 3 N–H and O–H groups in total. The SMILES string of the molecule is COc1ccc(NC(=O)COc2ccc([C@@H]3NC[C@@H](c4ccccc4)c4c3[nH]c3ccccc43)cc2OC)cc1Cl. The van der Waals surface area contributed by atoms with Crippen molar-refractivity contribution >= 4 is 34.1 Å². The Labute approximate surface area is 243 Å². The summed E-state index contributed by atoms with van der Waals surface area (Å²) in [5.41, 5.74) is 6.43. The minimum atomic E-state index is -0.319. The number of hydrogen-bond acceptors (Lipinski definition) is 5. The van der Waals surface area contributed by atoms with Crippen LogP contribution in [0.5, 0.6) is 17.2 Å². The van der Waals surface area contributed by atoms with Gasteiger partial charge in [0.15, 0.2) is 18.1 Å². The fraction of sp³-hybridized carbons (Fsp3) is 0.182. The van der Waals surface area contributed by atoms with Crippen LogP contribution in [0.25, 0.3) is 10.9 Å². The molecule has 1 amide bonds. The number of rotatable bonds is 8. The Kier molecular flexibility index (Phi) is 7.55. The Morgan fingerprint density at radius 1 is 0.878 bits per heavy atom. The van der Waals surface area contributed by atoms with Crippen LogP contribution in [0.3, 0.4) is 0 Å². The van der Waals surface area contributed by atoms with Crippen LogP contribution < -0.4 is 24.8 Å². The summed E-state index contributed by atoms with van der Waals surface area (Å²) in [6, 6.07) is 29.8. The number of H-pyrrole nitrogens is 1. The highest BCUT2D eigenvalue weighted by Gasteiger charge is 2.32. The Bertz CT molecular complexity index is 1700. The Hall–Kier alpha value is -4.46. The number of hydrogen-bond donors (Lipinski definition) is 3. The molecule has 1 aliphatic heterocycles. The fourth-order valence-electron chi connectivity index (χ4n) is 5.55. The second-order valence-electron chi connectivity index (χ2n) is 9.90. The minimum absolute atomic E-state index is 0.0663. The van der Waals surface area contributed by atoms with E-state index in [1.807, 2.05) is 24.3 Å². The summed E-state index contributed by atoms with van der Waals surface area (Å²) in [7, 11) is 3.14. The zero-order chi connectivity index (χ0) is 28.3. The highest BCUT2D eigenvalue weighted by atomic mass is 35.5. The van der Waals surface area contributed by atoms with Gasteiger partial charge < -0.3 is 29.8 Å². The normalized spacial score (nSPS) is 16.2. The van der Waals surface area contributed by atoms with Crippen molar-refractivity contribution in [2.24, 2.45) is 0 Å². The van der Waals surface area contributed by atoms with Crippen LogP contribution in [0.2, 0.25) is 5.02 Å². The summed E-state index contributed by atoms with van der Waals surface area (Å²) in [4.78, 5) is 16.3. The lowest BCUT2D eigenvalue weighted by Crippen LogP contribution is -2.34. The van der Waals surface area contributed by atoms with Gasteiger partial charge in [-0.05, 0) is 53.1 Å². The number of amides is 1. The summed E-state index contributed by atoms with van der Waals surface area (Å²) in [5, 5.41) is 8.18. The first kappa shape index (κ1) is 26.7. The minimum Gasteiger partial charge on any atom is -0.495 e. The maximum absolute atomic E-state index is 12.6. The number of aromatic amines is 1. The highest BCUT2D eigenvalue weighted by molar-refractivity contribution is 6.32. The lowest BCUT2D eigenvalue weighted by molar-refractivity contribution is -0.118. The highest BCUT2D eigenvalue weighted by Crippen LogP contribution is 2.42. The average Bonchev–Trinajstić information content (AvgIpc) is 3.40. The molecule has 2 atom stereocenters. The van der Waals surface area contributed by atoms with Crippen molar-refractivity contribution in [3.8, 4) is 17.2 Å². The van der Waals surface area contributed by atoms with Gasteiger partial charge in [0.05, 0.1) is 25.3 Å². The molecule has 0 saturated heterocycles. The van der Waals surface area contributed by atoms with Crippen LogP contribution in [0, 0.1) is 0 Å². The van der Waals surface area contributed by atoms with Gasteiger partial charge in [-0.1, -0.05) is 66.2 Å². The van der Waals surface area contributed by atoms with E-state index in [2.05, 4.69) is 64.1 Å². The number of benzene rings is 4. The molecule has 0 saturated carbocycles. The standard InChI is InChI=1S/C33H30ClN3O4/c1-39-27-15-13-22(17-25(27)34)36-30(38)19-41-28-14-12-21(16-29(28)40-2)32-33-31(23-10-6-7-11-26(23)37-33)24(18-35-32)20-8-4-3-5-9-20/h3-17,24,32,35,37H,18-19H2,1-2H3,(H,36,38)/t24-,32-/m0/s1. The number of methoxy groups -OCH3 is 2. The van der Waals surface area contributed by atoms with Gasteiger partial charge >= 0.3 is 0 Å². The molecular weight excluding hydrogens is 538 g/mol. The molecule has 0 spiro atoms. The topological polar surface area (TPSA) is 84.6 Å². The second kappa shape index (κ2) is 11.6. The molecule has 7 nitrogen and oxygen atoms in total. The largest absolute Gasteiger partial charge is 0.495 e. The van der Waals surface area contributed by atoms with E-state index in [1.54, 1.807) is 25.3 Å². The van der Waals surface area contributed by atoms with E-state index in [0.717, 1.165) is 23.3 Å². The summed E-state index contributed by atoms with van der Waals surface area (Å²) in [6.45, 7) is 0.603. The number of ether oxygens (including phenoxy) is 3. The van der Waals surface area contributed by atoms with Crippen LogP contribution in [-0.4, -0.2) is 38.3 Å². The number of fused-ring (bicyclic) bond motifs is 3. The molecule has 0 unspecified atom stereocenters. The third kappa shape index (κ3) is 5.34. The molecule has 0 radical (unpaired) electrons. The maximum Gasteiger partial charge on any atom is 0.262 e. The van der Waals surface area contributed by atoms with E-state index in [-0.39, 0.29) is 24.5 Å². The van der Waals surface area contributed by atoms with Crippen molar-refractivity contribution in [1.29, 1.82) is 0 Å². The van der Waals surface area contributed by atoms with Gasteiger partial charge in [-0.15, -0.1) is 0 Å². The molecule has 5 aromatic rings. The van der Waals surface area contributed by atoms with Crippen molar-refractivity contribution < 1.29 is 19.0 Å². The van der Waals surface area contributed by atoms with Gasteiger partial charge in [0.1, 0.15) is 5.75 Å². The molecule has 4 aromatic carbocycles. The van der Waals surface area contributed by atoms with Crippen molar-refractivity contribution in [2.75, 3.05) is 32.7 Å². The molecule has 41 heavy (non-hydrogen) atoms. The maximum atomic E-state index is 12.6. The molecule has 208 valence electrons. The molecule has 2 heterocycles. The van der Waals surface area contributed by atoms with Gasteiger partial charge in [-0.2, -0.15) is 0 Å². The molecule has 0 aliphatic carbocycles. The van der Waals surface area contributed by atoms with Crippen LogP contribution >= 0.6 is 11.6 Å². The first-order valence-corrected chi connectivity index (χ1v) is 13.8. The van der Waals surface area contributed by atoms with Crippen LogP contribution in [0.15, 0.2) is 91.0 Å². The number of para-hydroxylation sites is 1. The zero-order valence-electron chi connectivity index (χ0n) is 22.7. The number of halogens is 1. The van der Waals surface area contributed by atoms with Gasteiger partial charge in [0.25, 0.3) is 5.91 Å². The summed E-state index contributed by atoms with van der Waals surface area (Å²) in [5.74, 6) is 1.47. The zero-order valence-corrected chi connectivity index (χ0v) is 23.5. The number of carbonyl (C=O) groups is 1. The van der Waals surface area contributed by atoms with E-state index in [4.69, 9.17) is 25.8 Å². The van der Waals surface area contributed by atoms with Crippen LogP contribution in [-0.2, 0) is 4.79 Å². The van der Waals surface area contributed by atoms with E-state index < -0.39 is 0 Å². The number of anilines is 1. The van der Waals surface area contributed by atoms with E-state index >= 15 is 0 Å². The van der Waals surface area contributed by atoms with E-state index in [1.165, 1.54) is 23.6 Å².